The Kier molecular flexibility index (Phi) is 6.02. The van der Waals surface area contributed by atoms with Crippen molar-refractivity contribution in [2.75, 3.05) is 6.61 Å². The zero-order valence-corrected chi connectivity index (χ0v) is 12.5. The van der Waals surface area contributed by atoms with Crippen LogP contribution in [0.5, 0.6) is 0 Å². The Morgan fingerprint density at radius 2 is 2.12 bits per heavy atom. The van der Waals surface area contributed by atoms with E-state index in [4.69, 9.17) is 0 Å². The van der Waals surface area contributed by atoms with Gasteiger partial charge in [0.25, 0.3) is 5.91 Å². The van der Waals surface area contributed by atoms with Crippen LogP contribution in [0.25, 0.3) is 0 Å². The van der Waals surface area contributed by atoms with Crippen molar-refractivity contribution in [3.05, 3.63) is 59.9 Å². The fourth-order valence-electron chi connectivity index (χ4n) is 1.80. The SMILES string of the molecule is O=C(NC=Nc1ccc[nH+]c1)c1cccc(COCC(F)(F)F)c1. The summed E-state index contributed by atoms with van der Waals surface area (Å²) >= 11 is 0. The second-order valence-electron chi connectivity index (χ2n) is 4.80. The number of pyridine rings is 1. The lowest BCUT2D eigenvalue weighted by atomic mass is 10.1. The molecule has 0 aliphatic heterocycles. The van der Waals surface area contributed by atoms with E-state index in [1.165, 1.54) is 12.4 Å². The highest BCUT2D eigenvalue weighted by atomic mass is 19.4. The van der Waals surface area contributed by atoms with Gasteiger partial charge in [-0.05, 0) is 23.8 Å². The van der Waals surface area contributed by atoms with E-state index in [1.54, 1.807) is 42.7 Å². The molecule has 1 aromatic heterocycles. The van der Waals surface area contributed by atoms with E-state index in [2.05, 4.69) is 20.0 Å². The van der Waals surface area contributed by atoms with Gasteiger partial charge in [0.15, 0.2) is 12.4 Å². The summed E-state index contributed by atoms with van der Waals surface area (Å²) in [5.41, 5.74) is 1.41. The van der Waals surface area contributed by atoms with Crippen molar-refractivity contribution in [1.29, 1.82) is 0 Å². The summed E-state index contributed by atoms with van der Waals surface area (Å²) < 4.78 is 40.7. The van der Waals surface area contributed by atoms with Gasteiger partial charge in [-0.2, -0.15) is 13.2 Å². The van der Waals surface area contributed by atoms with Gasteiger partial charge in [0.05, 0.1) is 12.9 Å². The van der Waals surface area contributed by atoms with Crippen LogP contribution in [0.1, 0.15) is 15.9 Å². The van der Waals surface area contributed by atoms with Crippen LogP contribution in [0.3, 0.4) is 0 Å². The number of rotatable bonds is 6. The van der Waals surface area contributed by atoms with Gasteiger partial charge in [0, 0.05) is 11.6 Å². The average Bonchev–Trinajstić information content (AvgIpc) is 2.55. The highest BCUT2D eigenvalue weighted by molar-refractivity contribution is 6.00. The number of ether oxygens (including phenoxy) is 1. The number of alkyl halides is 3. The summed E-state index contributed by atoms with van der Waals surface area (Å²) in [7, 11) is 0. The quantitative estimate of drug-likeness (QED) is 0.650. The van der Waals surface area contributed by atoms with E-state index in [-0.39, 0.29) is 6.61 Å². The number of benzene rings is 1. The molecule has 8 heteroatoms. The van der Waals surface area contributed by atoms with Crippen LogP contribution in [0, 0.1) is 0 Å². The number of nitrogens with zero attached hydrogens (tertiary/aromatic N) is 1. The van der Waals surface area contributed by atoms with E-state index in [1.807, 2.05) is 0 Å². The number of hydrogen-bond acceptors (Lipinski definition) is 3. The molecule has 2 N–H and O–H groups in total. The van der Waals surface area contributed by atoms with Crippen LogP contribution >= 0.6 is 0 Å². The summed E-state index contributed by atoms with van der Waals surface area (Å²) in [5.74, 6) is -0.420. The van der Waals surface area contributed by atoms with Crippen molar-refractivity contribution in [2.45, 2.75) is 12.8 Å². The van der Waals surface area contributed by atoms with Crippen LogP contribution in [-0.4, -0.2) is 25.0 Å². The third-order valence-corrected chi connectivity index (χ3v) is 2.82. The van der Waals surface area contributed by atoms with E-state index in [0.29, 0.717) is 16.8 Å². The number of nitrogens with one attached hydrogen (secondary N) is 2. The molecule has 126 valence electrons. The lowest BCUT2D eigenvalue weighted by molar-refractivity contribution is -0.377. The van der Waals surface area contributed by atoms with Gasteiger partial charge in [-0.15, -0.1) is 0 Å². The maximum atomic E-state index is 12.0. The lowest BCUT2D eigenvalue weighted by Gasteiger charge is -2.08. The molecule has 5 nitrogen and oxygen atoms in total. The maximum Gasteiger partial charge on any atom is 0.411 e. The predicted molar refractivity (Wildman–Crippen MR) is 80.8 cm³/mol. The van der Waals surface area contributed by atoms with Gasteiger partial charge in [-0.25, -0.2) is 9.98 Å². The van der Waals surface area contributed by atoms with Gasteiger partial charge < -0.3 is 10.1 Å². The number of H-pyrrole nitrogens is 1. The number of aromatic nitrogens is 1. The summed E-state index contributed by atoms with van der Waals surface area (Å²) in [5, 5.41) is 2.49. The second-order valence-corrected chi connectivity index (χ2v) is 4.80. The molecule has 2 rings (SSSR count). The van der Waals surface area contributed by atoms with E-state index >= 15 is 0 Å². The first kappa shape index (κ1) is 17.6. The standard InChI is InChI=1S/C16H14F3N3O2/c17-16(18,19)10-24-9-12-3-1-4-13(7-12)15(23)22-11-21-14-5-2-6-20-8-14/h1-8,11H,9-10H2,(H,21,22,23)/p+1. The van der Waals surface area contributed by atoms with E-state index in [9.17, 15) is 18.0 Å². The molecule has 0 aliphatic rings. The monoisotopic (exact) mass is 338 g/mol. The van der Waals surface area contributed by atoms with Crippen LogP contribution < -0.4 is 10.3 Å². The summed E-state index contributed by atoms with van der Waals surface area (Å²) in [4.78, 5) is 18.9. The molecule has 2 aromatic rings. The van der Waals surface area contributed by atoms with Gasteiger partial charge in [0.1, 0.15) is 12.3 Å². The molecule has 1 aromatic carbocycles. The molecule has 0 bridgehead atoms. The number of carbonyl (C=O) groups is 1. The van der Waals surface area contributed by atoms with E-state index < -0.39 is 18.7 Å². The molecule has 1 amide bonds. The number of carbonyl (C=O) groups excluding carboxylic acids is 1. The molecule has 0 saturated heterocycles. The first-order valence-electron chi connectivity index (χ1n) is 6.97. The van der Waals surface area contributed by atoms with Crippen molar-refractivity contribution in [2.24, 2.45) is 4.99 Å². The minimum absolute atomic E-state index is 0.228. The Hall–Kier alpha value is -2.74. The lowest BCUT2D eigenvalue weighted by Crippen LogP contribution is -2.21. The Labute approximate surface area is 136 Å². The van der Waals surface area contributed by atoms with Gasteiger partial charge in [-0.1, -0.05) is 12.1 Å². The maximum absolute atomic E-state index is 12.0. The highest BCUT2D eigenvalue weighted by Gasteiger charge is 2.27. The highest BCUT2D eigenvalue weighted by Crippen LogP contribution is 2.16. The van der Waals surface area contributed by atoms with Gasteiger partial charge >= 0.3 is 6.18 Å². The molecule has 0 unspecified atom stereocenters. The zero-order chi connectivity index (χ0) is 17.4. The van der Waals surface area contributed by atoms with E-state index in [0.717, 1.165) is 0 Å². The largest absolute Gasteiger partial charge is 0.411 e. The molecule has 0 saturated carbocycles. The normalized spacial score (nSPS) is 11.6. The fourth-order valence-corrected chi connectivity index (χ4v) is 1.80. The zero-order valence-electron chi connectivity index (χ0n) is 12.5. The van der Waals surface area contributed by atoms with Crippen LogP contribution in [-0.2, 0) is 11.3 Å². The number of hydrogen-bond donors (Lipinski definition) is 1. The Morgan fingerprint density at radius 3 is 2.83 bits per heavy atom. The second kappa shape index (κ2) is 8.21. The molecule has 0 spiro atoms. The van der Waals surface area contributed by atoms with Crippen LogP contribution in [0.15, 0.2) is 53.8 Å². The number of aliphatic imine (C=N–C) groups is 1. The molecule has 0 radical (unpaired) electrons. The minimum atomic E-state index is -4.37. The number of aromatic amines is 1. The average molecular weight is 338 g/mol. The van der Waals surface area contributed by atoms with Crippen molar-refractivity contribution in [1.82, 2.24) is 5.32 Å². The number of amides is 1. The summed E-state index contributed by atoms with van der Waals surface area (Å²) in [6.07, 6.45) is 0.254. The fraction of sp³-hybridized carbons (Fsp3) is 0.188. The Morgan fingerprint density at radius 1 is 1.29 bits per heavy atom. The molecule has 0 aliphatic carbocycles. The Balaban J connectivity index is 1.90. The van der Waals surface area contributed by atoms with Crippen molar-refractivity contribution < 1.29 is 27.7 Å². The number of halogens is 3. The van der Waals surface area contributed by atoms with Gasteiger partial charge in [-0.3, -0.25) is 4.79 Å². The molecule has 0 atom stereocenters. The molecule has 1 heterocycles. The van der Waals surface area contributed by atoms with Crippen molar-refractivity contribution in [3.8, 4) is 0 Å². The smallest absolute Gasteiger partial charge is 0.367 e. The van der Waals surface area contributed by atoms with Crippen molar-refractivity contribution >= 4 is 17.9 Å². The molecular formula is C16H15F3N3O2+. The van der Waals surface area contributed by atoms with Crippen LogP contribution in [0.2, 0.25) is 0 Å². The molecule has 0 fully saturated rings. The van der Waals surface area contributed by atoms with Crippen LogP contribution in [0.4, 0.5) is 18.9 Å². The summed E-state index contributed by atoms with van der Waals surface area (Å²) in [6, 6.07) is 9.69. The molecular weight excluding hydrogens is 323 g/mol. The Bertz CT molecular complexity index is 703. The molecule has 24 heavy (non-hydrogen) atoms. The first-order chi connectivity index (χ1) is 11.4. The minimum Gasteiger partial charge on any atom is -0.367 e. The first-order valence-corrected chi connectivity index (χ1v) is 6.97. The third-order valence-electron chi connectivity index (χ3n) is 2.82. The third kappa shape index (κ3) is 6.17. The predicted octanol–water partition coefficient (Wildman–Crippen LogP) is 2.67. The summed E-state index contributed by atoms with van der Waals surface area (Å²) in [6.45, 7) is -1.56. The van der Waals surface area contributed by atoms with Crippen molar-refractivity contribution in [3.63, 3.8) is 0 Å². The topological polar surface area (TPSA) is 64.8 Å². The van der Waals surface area contributed by atoms with Gasteiger partial charge in [0.2, 0.25) is 0 Å².